The van der Waals surface area contributed by atoms with E-state index >= 15 is 0 Å². The molecule has 140 valence electrons. The number of likely N-dealkylation sites (N-methyl/N-ethyl adjacent to an activating group) is 1. The molecule has 2 fully saturated rings. The summed E-state index contributed by atoms with van der Waals surface area (Å²) in [6.45, 7) is 4.36. The molecule has 0 aromatic rings. The van der Waals surface area contributed by atoms with Crippen LogP contribution in [0, 0.1) is 11.3 Å². The van der Waals surface area contributed by atoms with Crippen molar-refractivity contribution in [1.29, 1.82) is 0 Å². The van der Waals surface area contributed by atoms with E-state index in [-0.39, 0.29) is 23.4 Å². The molecule has 3 N–H and O–H groups in total. The van der Waals surface area contributed by atoms with Crippen LogP contribution < -0.4 is 5.73 Å². The molecule has 0 aromatic carbocycles. The highest BCUT2D eigenvalue weighted by Gasteiger charge is 2.62. The van der Waals surface area contributed by atoms with Gasteiger partial charge < -0.3 is 10.8 Å². The molecule has 2 saturated carbocycles. The van der Waals surface area contributed by atoms with E-state index in [2.05, 4.69) is 24.8 Å². The molecule has 3 aliphatic carbocycles. The number of carbonyl (C=O) groups is 1. The highest BCUT2D eigenvalue weighted by molar-refractivity contribution is 6.09. The van der Waals surface area contributed by atoms with E-state index < -0.39 is 5.54 Å². The Hall–Kier alpha value is -1.88. The molecule has 0 aromatic heterocycles. The van der Waals surface area contributed by atoms with Gasteiger partial charge in [0.2, 0.25) is 0 Å². The molecule has 5 nitrogen and oxygen atoms in total. The predicted octanol–water partition coefficient (Wildman–Crippen LogP) is 2.68. The lowest BCUT2D eigenvalue weighted by Crippen LogP contribution is -2.56. The molecule has 0 radical (unpaired) electrons. The Labute approximate surface area is 155 Å². The predicted molar refractivity (Wildman–Crippen MR) is 102 cm³/mol. The summed E-state index contributed by atoms with van der Waals surface area (Å²) in [6, 6.07) is 0. The van der Waals surface area contributed by atoms with Gasteiger partial charge in [-0.1, -0.05) is 24.8 Å². The van der Waals surface area contributed by atoms with Crippen molar-refractivity contribution < 1.29 is 9.90 Å². The molecular formula is C21H29N3O2. The number of hydrogen-bond acceptors (Lipinski definition) is 4. The van der Waals surface area contributed by atoms with Crippen molar-refractivity contribution in [1.82, 2.24) is 4.90 Å². The van der Waals surface area contributed by atoms with Gasteiger partial charge in [-0.2, -0.15) is 0 Å². The molecule has 0 saturated heterocycles. The lowest BCUT2D eigenvalue weighted by molar-refractivity contribution is -0.135. The minimum absolute atomic E-state index is 0.0651. The molecule has 4 aliphatic rings. The number of fused-ring (bicyclic) bond motifs is 1. The van der Waals surface area contributed by atoms with Gasteiger partial charge in [-0.3, -0.25) is 9.69 Å². The minimum atomic E-state index is -1.03. The normalized spacial score (nSPS) is 41.5. The Bertz CT molecular complexity index is 724. The molecule has 0 bridgehead atoms. The van der Waals surface area contributed by atoms with Crippen molar-refractivity contribution >= 4 is 11.9 Å². The van der Waals surface area contributed by atoms with Gasteiger partial charge in [-0.15, -0.1) is 0 Å². The van der Waals surface area contributed by atoms with E-state index in [1.54, 1.807) is 7.05 Å². The summed E-state index contributed by atoms with van der Waals surface area (Å²) >= 11 is 0. The van der Waals surface area contributed by atoms with Gasteiger partial charge in [0.05, 0.1) is 6.10 Å². The number of nitrogens with zero attached hydrogens (tertiary/aromatic N) is 2. The molecule has 5 heteroatoms. The van der Waals surface area contributed by atoms with Crippen LogP contribution in [-0.4, -0.2) is 40.6 Å². The van der Waals surface area contributed by atoms with E-state index in [9.17, 15) is 9.90 Å². The van der Waals surface area contributed by atoms with Crippen LogP contribution in [0.3, 0.4) is 0 Å². The van der Waals surface area contributed by atoms with Gasteiger partial charge in [-0.25, -0.2) is 4.99 Å². The van der Waals surface area contributed by atoms with E-state index in [1.165, 1.54) is 23.3 Å². The van der Waals surface area contributed by atoms with Crippen molar-refractivity contribution in [2.75, 3.05) is 7.05 Å². The second kappa shape index (κ2) is 6.08. The number of carbonyl (C=O) groups excluding carboxylic acids is 1. The van der Waals surface area contributed by atoms with Crippen molar-refractivity contribution in [2.45, 2.75) is 63.0 Å². The van der Waals surface area contributed by atoms with Crippen LogP contribution >= 0.6 is 0 Å². The number of aliphatic hydroxyl groups is 1. The summed E-state index contributed by atoms with van der Waals surface area (Å²) in [5.41, 5.74) is 6.78. The van der Waals surface area contributed by atoms with Crippen molar-refractivity contribution in [2.24, 2.45) is 22.1 Å². The quantitative estimate of drug-likeness (QED) is 0.759. The summed E-state index contributed by atoms with van der Waals surface area (Å²) in [5.74, 6) is 0.790. The smallest absolute Gasteiger partial charge is 0.262 e. The van der Waals surface area contributed by atoms with Gasteiger partial charge in [0.25, 0.3) is 5.91 Å². The first kappa shape index (κ1) is 17.5. The number of allylic oxidation sites excluding steroid dienone is 3. The molecule has 1 amide bonds. The lowest BCUT2D eigenvalue weighted by Gasteiger charge is -2.49. The van der Waals surface area contributed by atoms with Crippen LogP contribution in [-0.2, 0) is 4.79 Å². The molecule has 26 heavy (non-hydrogen) atoms. The number of aliphatic imine (C=N–C) groups is 1. The number of guanidine groups is 1. The highest BCUT2D eigenvalue weighted by Crippen LogP contribution is 2.56. The maximum Gasteiger partial charge on any atom is 0.262 e. The fourth-order valence-electron chi connectivity index (χ4n) is 5.09. The molecule has 2 spiro atoms. The highest BCUT2D eigenvalue weighted by atomic mass is 16.3. The molecule has 1 aliphatic heterocycles. The van der Waals surface area contributed by atoms with Crippen LogP contribution in [0.5, 0.6) is 0 Å². The summed E-state index contributed by atoms with van der Waals surface area (Å²) < 4.78 is 0. The number of hydrogen-bond donors (Lipinski definition) is 2. The van der Waals surface area contributed by atoms with Crippen LogP contribution in [0.2, 0.25) is 0 Å². The topological polar surface area (TPSA) is 78.9 Å². The summed E-state index contributed by atoms with van der Waals surface area (Å²) in [5, 5.41) is 10.1. The second-order valence-electron chi connectivity index (χ2n) is 8.44. The number of nitrogens with two attached hydrogens (primary N) is 1. The first-order valence-corrected chi connectivity index (χ1v) is 9.79. The monoisotopic (exact) mass is 355 g/mol. The third kappa shape index (κ3) is 2.48. The minimum Gasteiger partial charge on any atom is -0.393 e. The molecule has 1 unspecified atom stereocenters. The Morgan fingerprint density at radius 3 is 2.54 bits per heavy atom. The van der Waals surface area contributed by atoms with Crippen molar-refractivity contribution in [3.05, 3.63) is 36.0 Å². The van der Waals surface area contributed by atoms with E-state index in [4.69, 9.17) is 10.7 Å². The number of amides is 1. The lowest BCUT2D eigenvalue weighted by atomic mass is 9.56. The van der Waals surface area contributed by atoms with E-state index in [0.717, 1.165) is 31.3 Å². The van der Waals surface area contributed by atoms with Crippen LogP contribution in [0.1, 0.15) is 51.4 Å². The van der Waals surface area contributed by atoms with Crippen LogP contribution in [0.4, 0.5) is 0 Å². The Morgan fingerprint density at radius 1 is 1.27 bits per heavy atom. The maximum absolute atomic E-state index is 13.5. The number of rotatable bonds is 1. The number of aliphatic hydroxyl groups excluding tert-OH is 1. The van der Waals surface area contributed by atoms with Gasteiger partial charge in [0.1, 0.15) is 0 Å². The summed E-state index contributed by atoms with van der Waals surface area (Å²) in [7, 11) is 1.70. The first-order chi connectivity index (χ1) is 12.4. The average Bonchev–Trinajstić information content (AvgIpc) is 3.43. The first-order valence-electron chi connectivity index (χ1n) is 9.79. The fourth-order valence-corrected chi connectivity index (χ4v) is 5.09. The SMILES string of the molecule is C=C1/C=C(C2CC2)\C=C/CCC2(CCC(O)CC2)C12N=C(N)N(C)C2=O. The standard InChI is InChI=1S/C21H29N3O2/c1-14-13-16(15-6-7-15)5-3-4-10-20(11-8-17(25)9-12-20)21(14)18(26)24(2)19(22)23-21/h3,5,13,15,17,25H,1,4,6-12H2,2H3,(H2,22,23)/b5-3-,16-13+. The molecule has 4 rings (SSSR count). The van der Waals surface area contributed by atoms with Gasteiger partial charge in [0, 0.05) is 12.5 Å². The third-order valence-electron chi connectivity index (χ3n) is 6.87. The molecule has 1 atom stereocenters. The summed E-state index contributed by atoms with van der Waals surface area (Å²) in [4.78, 5) is 19.8. The van der Waals surface area contributed by atoms with Gasteiger partial charge in [0.15, 0.2) is 11.5 Å². The Balaban J connectivity index is 1.86. The largest absolute Gasteiger partial charge is 0.393 e. The van der Waals surface area contributed by atoms with E-state index in [0.29, 0.717) is 18.8 Å². The van der Waals surface area contributed by atoms with Crippen LogP contribution in [0.15, 0.2) is 40.9 Å². The second-order valence-corrected chi connectivity index (χ2v) is 8.44. The average molecular weight is 355 g/mol. The van der Waals surface area contributed by atoms with Crippen LogP contribution in [0.25, 0.3) is 0 Å². The maximum atomic E-state index is 13.5. The molecular weight excluding hydrogens is 326 g/mol. The Morgan fingerprint density at radius 2 is 1.96 bits per heavy atom. The fraction of sp³-hybridized carbons (Fsp3) is 0.619. The van der Waals surface area contributed by atoms with E-state index in [1.807, 2.05) is 0 Å². The zero-order valence-corrected chi connectivity index (χ0v) is 15.6. The van der Waals surface area contributed by atoms with Crippen molar-refractivity contribution in [3.8, 4) is 0 Å². The van der Waals surface area contributed by atoms with Gasteiger partial charge in [-0.05, 0) is 68.4 Å². The molecule has 1 heterocycles. The third-order valence-corrected chi connectivity index (χ3v) is 6.87. The zero-order valence-electron chi connectivity index (χ0n) is 15.6. The van der Waals surface area contributed by atoms with Gasteiger partial charge >= 0.3 is 0 Å². The Kier molecular flexibility index (Phi) is 4.10. The summed E-state index contributed by atoms with van der Waals surface area (Å²) in [6.07, 6.45) is 13.4. The zero-order chi connectivity index (χ0) is 18.5. The van der Waals surface area contributed by atoms with Crippen molar-refractivity contribution in [3.63, 3.8) is 0 Å².